The molecule has 2 N–H and O–H groups in total. The molecule has 1 aromatic heterocycles. The molecule has 2 amide bonds. The van der Waals surface area contributed by atoms with Crippen LogP contribution in [0.1, 0.15) is 24.4 Å². The lowest BCUT2D eigenvalue weighted by Gasteiger charge is -2.31. The summed E-state index contributed by atoms with van der Waals surface area (Å²) < 4.78 is 15.4. The van der Waals surface area contributed by atoms with Crippen LogP contribution in [-0.4, -0.2) is 68.6 Å². The number of nitrogens with one attached hydrogen (secondary N) is 2. The van der Waals surface area contributed by atoms with Crippen molar-refractivity contribution in [3.8, 4) is 11.5 Å². The number of esters is 1. The fourth-order valence-electron chi connectivity index (χ4n) is 4.49. The molecule has 1 unspecified atom stereocenters. The van der Waals surface area contributed by atoms with Gasteiger partial charge in [-0.05, 0) is 74.5 Å². The Morgan fingerprint density at radius 1 is 0.974 bits per heavy atom. The molecule has 1 saturated heterocycles. The number of carbonyl (C=O) groups is 3. The van der Waals surface area contributed by atoms with E-state index in [1.54, 1.807) is 56.8 Å². The number of likely N-dealkylation sites (tertiary alicyclic amines) is 1. The van der Waals surface area contributed by atoms with Gasteiger partial charge < -0.3 is 24.8 Å². The van der Waals surface area contributed by atoms with Crippen LogP contribution in [-0.2, 0) is 19.1 Å². The second-order valence-electron chi connectivity index (χ2n) is 9.12. The minimum atomic E-state index is -0.997. The molecular formula is C28H32N4O6. The maximum absolute atomic E-state index is 12.9. The van der Waals surface area contributed by atoms with E-state index in [9.17, 15) is 14.4 Å². The number of piperidine rings is 1. The molecule has 10 nitrogen and oxygen atoms in total. The van der Waals surface area contributed by atoms with Gasteiger partial charge in [-0.1, -0.05) is 0 Å². The summed E-state index contributed by atoms with van der Waals surface area (Å²) in [5.41, 5.74) is 1.97. The number of rotatable bonds is 9. The molecule has 1 aliphatic rings. The van der Waals surface area contributed by atoms with E-state index in [0.29, 0.717) is 42.9 Å². The highest BCUT2D eigenvalue weighted by Gasteiger charge is 2.28. The number of methoxy groups -OCH3 is 3. The lowest BCUT2D eigenvalue weighted by atomic mass is 9.95. The zero-order valence-corrected chi connectivity index (χ0v) is 21.7. The molecule has 10 heteroatoms. The highest BCUT2D eigenvalue weighted by Crippen LogP contribution is 2.24. The van der Waals surface area contributed by atoms with Gasteiger partial charge in [0.1, 0.15) is 11.5 Å². The van der Waals surface area contributed by atoms with E-state index in [1.165, 1.54) is 7.11 Å². The van der Waals surface area contributed by atoms with Gasteiger partial charge in [0.25, 0.3) is 0 Å². The molecule has 3 aromatic rings. The summed E-state index contributed by atoms with van der Waals surface area (Å²) in [6, 6.07) is 13.4. The summed E-state index contributed by atoms with van der Waals surface area (Å²) in [6.45, 7) is 1.29. The van der Waals surface area contributed by atoms with Crippen molar-refractivity contribution < 1.29 is 28.6 Å². The fraction of sp³-hybridized carbons (Fsp3) is 0.357. The van der Waals surface area contributed by atoms with Crippen LogP contribution >= 0.6 is 0 Å². The number of carbonyl (C=O) groups excluding carboxylic acids is 3. The van der Waals surface area contributed by atoms with Crippen LogP contribution in [0.3, 0.4) is 0 Å². The van der Waals surface area contributed by atoms with Crippen molar-refractivity contribution in [2.24, 2.45) is 5.92 Å². The second kappa shape index (κ2) is 12.4. The largest absolute Gasteiger partial charge is 0.497 e. The SMILES string of the molecule is COC(=O)C(NC(=O)CN1CCC(C(=O)Nc2ccc(OC)cc2)CC1)c1cnc2ccc(OC)cc2c1. The minimum Gasteiger partial charge on any atom is -0.497 e. The first-order valence-electron chi connectivity index (χ1n) is 12.4. The van der Waals surface area contributed by atoms with Gasteiger partial charge in [-0.3, -0.25) is 19.5 Å². The van der Waals surface area contributed by atoms with Crippen molar-refractivity contribution >= 4 is 34.4 Å². The predicted octanol–water partition coefficient (Wildman–Crippen LogP) is 2.93. The van der Waals surface area contributed by atoms with Gasteiger partial charge in [0.15, 0.2) is 6.04 Å². The summed E-state index contributed by atoms with van der Waals surface area (Å²) in [6.07, 6.45) is 2.82. The van der Waals surface area contributed by atoms with Crippen molar-refractivity contribution in [1.29, 1.82) is 0 Å². The molecule has 1 fully saturated rings. The number of pyridine rings is 1. The zero-order valence-electron chi connectivity index (χ0n) is 21.7. The standard InChI is InChI=1S/C28H32N4O6/c1-36-22-6-4-21(5-7-22)30-27(34)18-10-12-32(13-11-18)17-25(33)31-26(28(35)38-3)20-14-19-15-23(37-2)8-9-24(19)29-16-20/h4-9,14-16,18,26H,10-13,17H2,1-3H3,(H,30,34)(H,31,33). The van der Waals surface area contributed by atoms with E-state index in [4.69, 9.17) is 14.2 Å². The molecule has 1 atom stereocenters. The molecule has 38 heavy (non-hydrogen) atoms. The van der Waals surface area contributed by atoms with Crippen LogP contribution in [0.15, 0.2) is 54.7 Å². The molecule has 0 bridgehead atoms. The topological polar surface area (TPSA) is 119 Å². The Morgan fingerprint density at radius 2 is 1.66 bits per heavy atom. The summed E-state index contributed by atoms with van der Waals surface area (Å²) in [4.78, 5) is 44.5. The number of ether oxygens (including phenoxy) is 3. The fourth-order valence-corrected chi connectivity index (χ4v) is 4.49. The smallest absolute Gasteiger partial charge is 0.333 e. The van der Waals surface area contributed by atoms with Gasteiger partial charge in [-0.25, -0.2) is 4.79 Å². The number of aromatic nitrogens is 1. The summed E-state index contributed by atoms with van der Waals surface area (Å²) in [5, 5.41) is 6.51. The Morgan fingerprint density at radius 3 is 2.32 bits per heavy atom. The molecule has 0 spiro atoms. The van der Waals surface area contributed by atoms with E-state index in [1.807, 2.05) is 17.0 Å². The number of amides is 2. The summed E-state index contributed by atoms with van der Waals surface area (Å²) in [7, 11) is 4.45. The summed E-state index contributed by atoms with van der Waals surface area (Å²) >= 11 is 0. The van der Waals surface area contributed by atoms with Gasteiger partial charge >= 0.3 is 5.97 Å². The van der Waals surface area contributed by atoms with Crippen LogP contribution in [0.2, 0.25) is 0 Å². The first-order chi connectivity index (χ1) is 18.4. The van der Waals surface area contributed by atoms with E-state index < -0.39 is 12.0 Å². The van der Waals surface area contributed by atoms with Crippen LogP contribution < -0.4 is 20.1 Å². The highest BCUT2D eigenvalue weighted by molar-refractivity contribution is 5.92. The van der Waals surface area contributed by atoms with E-state index in [0.717, 1.165) is 16.7 Å². The van der Waals surface area contributed by atoms with Crippen molar-refractivity contribution in [1.82, 2.24) is 15.2 Å². The monoisotopic (exact) mass is 520 g/mol. The lowest BCUT2D eigenvalue weighted by molar-refractivity contribution is -0.145. The quantitative estimate of drug-likeness (QED) is 0.414. The predicted molar refractivity (Wildman–Crippen MR) is 142 cm³/mol. The minimum absolute atomic E-state index is 0.0366. The van der Waals surface area contributed by atoms with Crippen LogP contribution in [0.5, 0.6) is 11.5 Å². The maximum atomic E-state index is 12.9. The van der Waals surface area contributed by atoms with E-state index in [-0.39, 0.29) is 24.3 Å². The average Bonchev–Trinajstić information content (AvgIpc) is 2.95. The Bertz CT molecular complexity index is 1290. The van der Waals surface area contributed by atoms with Crippen molar-refractivity contribution in [3.05, 3.63) is 60.3 Å². The van der Waals surface area contributed by atoms with Crippen molar-refractivity contribution in [2.45, 2.75) is 18.9 Å². The third kappa shape index (κ3) is 6.57. The van der Waals surface area contributed by atoms with Gasteiger partial charge in [0.2, 0.25) is 11.8 Å². The molecule has 0 aliphatic carbocycles. The Labute approximate surface area is 221 Å². The lowest BCUT2D eigenvalue weighted by Crippen LogP contribution is -2.45. The first kappa shape index (κ1) is 26.9. The van der Waals surface area contributed by atoms with Gasteiger partial charge in [0, 0.05) is 28.8 Å². The zero-order chi connectivity index (χ0) is 27.1. The third-order valence-corrected chi connectivity index (χ3v) is 6.67. The highest BCUT2D eigenvalue weighted by atomic mass is 16.5. The van der Waals surface area contributed by atoms with Crippen molar-refractivity contribution in [3.63, 3.8) is 0 Å². The van der Waals surface area contributed by atoms with Gasteiger partial charge in [0.05, 0.1) is 33.4 Å². The molecule has 1 aliphatic heterocycles. The Balaban J connectivity index is 1.33. The molecule has 200 valence electrons. The summed E-state index contributed by atoms with van der Waals surface area (Å²) in [5.74, 6) is 0.311. The van der Waals surface area contributed by atoms with Gasteiger partial charge in [-0.15, -0.1) is 0 Å². The second-order valence-corrected chi connectivity index (χ2v) is 9.12. The van der Waals surface area contributed by atoms with Crippen LogP contribution in [0.25, 0.3) is 10.9 Å². The normalized spacial score (nSPS) is 14.9. The molecule has 0 saturated carbocycles. The van der Waals surface area contributed by atoms with Gasteiger partial charge in [-0.2, -0.15) is 0 Å². The Hall–Kier alpha value is -4.18. The maximum Gasteiger partial charge on any atom is 0.333 e. The molecule has 0 radical (unpaired) electrons. The number of fused-ring (bicyclic) bond motifs is 1. The number of benzene rings is 2. The van der Waals surface area contributed by atoms with Crippen LogP contribution in [0.4, 0.5) is 5.69 Å². The third-order valence-electron chi connectivity index (χ3n) is 6.67. The average molecular weight is 521 g/mol. The first-order valence-corrected chi connectivity index (χ1v) is 12.4. The number of hydrogen-bond donors (Lipinski definition) is 2. The molecule has 4 rings (SSSR count). The van der Waals surface area contributed by atoms with E-state index in [2.05, 4.69) is 15.6 Å². The van der Waals surface area contributed by atoms with Crippen LogP contribution in [0, 0.1) is 5.92 Å². The Kier molecular flexibility index (Phi) is 8.75. The molecular weight excluding hydrogens is 488 g/mol. The number of nitrogens with zero attached hydrogens (tertiary/aromatic N) is 2. The molecule has 2 heterocycles. The number of hydrogen-bond acceptors (Lipinski definition) is 8. The van der Waals surface area contributed by atoms with E-state index >= 15 is 0 Å². The van der Waals surface area contributed by atoms with Crippen molar-refractivity contribution in [2.75, 3.05) is 46.3 Å². The number of anilines is 1. The molecule has 2 aromatic carbocycles.